The molecule has 2 aliphatic rings. The van der Waals surface area contributed by atoms with Crippen LogP contribution >= 0.6 is 0 Å². The molecule has 0 radical (unpaired) electrons. The van der Waals surface area contributed by atoms with Crippen molar-refractivity contribution < 1.29 is 9.59 Å². The molecule has 35 heavy (non-hydrogen) atoms. The molecule has 0 saturated carbocycles. The average Bonchev–Trinajstić information content (AvgIpc) is 3.34. The number of carbonyl (C=O) groups is 2. The number of nitrogens with zero attached hydrogens (tertiary/aromatic N) is 4. The number of amides is 2. The number of rotatable bonds is 4. The fourth-order valence-corrected chi connectivity index (χ4v) is 5.12. The minimum Gasteiger partial charge on any atom is -0.304 e. The summed E-state index contributed by atoms with van der Waals surface area (Å²) in [6, 6.07) is 24.1. The van der Waals surface area contributed by atoms with Crippen LogP contribution in [0.3, 0.4) is 0 Å². The third-order valence-corrected chi connectivity index (χ3v) is 7.09. The Morgan fingerprint density at radius 3 is 2.40 bits per heavy atom. The normalized spacial score (nSPS) is 21.7. The largest absolute Gasteiger partial charge is 0.304 e. The molecule has 7 nitrogen and oxygen atoms in total. The van der Waals surface area contributed by atoms with Crippen molar-refractivity contribution in [2.75, 3.05) is 12.1 Å². The van der Waals surface area contributed by atoms with E-state index < -0.39 is 6.04 Å². The van der Waals surface area contributed by atoms with E-state index >= 15 is 0 Å². The Kier molecular flexibility index (Phi) is 5.07. The van der Waals surface area contributed by atoms with E-state index in [2.05, 4.69) is 46.8 Å². The van der Waals surface area contributed by atoms with Crippen LogP contribution in [0.2, 0.25) is 0 Å². The smallest absolute Gasteiger partial charge is 0.248 e. The Hall–Kier alpha value is -4.10. The monoisotopic (exact) mass is 463 g/mol. The van der Waals surface area contributed by atoms with Gasteiger partial charge in [-0.05, 0) is 41.8 Å². The summed E-state index contributed by atoms with van der Waals surface area (Å²) in [6.07, 6.45) is 2.49. The maximum Gasteiger partial charge on any atom is 0.248 e. The molecule has 3 aromatic carbocycles. The standard InChI is InChI=1S/C28H25N5O2/c1-17-25-26(28(35)32(2)27(25)34)31-33(17)22-12-13-23-21(15-22)16-29-24(30-23)14-18-8-10-20(11-9-18)19-6-4-3-5-7-19/h3-13,15-17,25-26,31H,14H2,1-2H3. The number of imide groups is 1. The van der Waals surface area contributed by atoms with Crippen LogP contribution in [-0.4, -0.2) is 45.8 Å². The summed E-state index contributed by atoms with van der Waals surface area (Å²) in [6.45, 7) is 1.97. The Labute approximate surface area is 203 Å². The first-order valence-electron chi connectivity index (χ1n) is 11.8. The molecule has 6 rings (SSSR count). The van der Waals surface area contributed by atoms with E-state index in [1.165, 1.54) is 16.0 Å². The molecular formula is C28H25N5O2. The van der Waals surface area contributed by atoms with Gasteiger partial charge in [-0.3, -0.25) is 14.5 Å². The SMILES string of the molecule is CC1C2C(=O)N(C)C(=O)C2NN1c1ccc2nc(Cc3ccc(-c4ccccc4)cc3)ncc2c1. The summed E-state index contributed by atoms with van der Waals surface area (Å²) in [5.74, 6) is 0.0715. The zero-order valence-corrected chi connectivity index (χ0v) is 19.6. The first-order valence-corrected chi connectivity index (χ1v) is 11.8. The highest BCUT2D eigenvalue weighted by molar-refractivity contribution is 6.08. The van der Waals surface area contributed by atoms with Crippen LogP contribution in [0.25, 0.3) is 22.0 Å². The summed E-state index contributed by atoms with van der Waals surface area (Å²) in [4.78, 5) is 35.5. The van der Waals surface area contributed by atoms with E-state index in [1.807, 2.05) is 54.5 Å². The van der Waals surface area contributed by atoms with Gasteiger partial charge in [0.25, 0.3) is 0 Å². The van der Waals surface area contributed by atoms with Crippen molar-refractivity contribution >= 4 is 28.4 Å². The topological polar surface area (TPSA) is 78.4 Å². The molecule has 7 heteroatoms. The van der Waals surface area contributed by atoms with Crippen LogP contribution in [0.1, 0.15) is 18.3 Å². The zero-order chi connectivity index (χ0) is 24.1. The highest BCUT2D eigenvalue weighted by Gasteiger charge is 2.55. The molecule has 2 fully saturated rings. The summed E-state index contributed by atoms with van der Waals surface area (Å²) >= 11 is 0. The number of fused-ring (bicyclic) bond motifs is 2. The number of hydrogen-bond donors (Lipinski definition) is 1. The fraction of sp³-hybridized carbons (Fsp3) is 0.214. The molecule has 4 aromatic rings. The van der Waals surface area contributed by atoms with Gasteiger partial charge in [0.05, 0.1) is 23.2 Å². The molecule has 3 unspecified atom stereocenters. The lowest BCUT2D eigenvalue weighted by Gasteiger charge is -2.26. The summed E-state index contributed by atoms with van der Waals surface area (Å²) < 4.78 is 0. The molecule has 1 aromatic heterocycles. The van der Waals surface area contributed by atoms with Gasteiger partial charge in [-0.25, -0.2) is 15.4 Å². The van der Waals surface area contributed by atoms with Gasteiger partial charge in [-0.2, -0.15) is 0 Å². The van der Waals surface area contributed by atoms with Crippen LogP contribution in [-0.2, 0) is 16.0 Å². The number of carbonyl (C=O) groups excluding carboxylic acids is 2. The zero-order valence-electron chi connectivity index (χ0n) is 19.6. The number of likely N-dealkylation sites (tertiary alicyclic amines) is 1. The Morgan fingerprint density at radius 2 is 1.66 bits per heavy atom. The fourth-order valence-electron chi connectivity index (χ4n) is 5.12. The molecule has 3 heterocycles. The number of benzene rings is 3. The maximum atomic E-state index is 12.5. The molecular weight excluding hydrogens is 438 g/mol. The minimum atomic E-state index is -0.509. The summed E-state index contributed by atoms with van der Waals surface area (Å²) in [5.41, 5.74) is 8.52. The van der Waals surface area contributed by atoms with Crippen LogP contribution in [0, 0.1) is 5.92 Å². The van der Waals surface area contributed by atoms with Gasteiger partial charge in [0.2, 0.25) is 11.8 Å². The number of hydrazine groups is 1. The quantitative estimate of drug-likeness (QED) is 0.466. The highest BCUT2D eigenvalue weighted by Crippen LogP contribution is 2.34. The van der Waals surface area contributed by atoms with Crippen molar-refractivity contribution in [2.24, 2.45) is 5.92 Å². The predicted molar refractivity (Wildman–Crippen MR) is 134 cm³/mol. The van der Waals surface area contributed by atoms with Gasteiger partial charge in [-0.1, -0.05) is 54.6 Å². The van der Waals surface area contributed by atoms with E-state index in [0.717, 1.165) is 28.0 Å². The van der Waals surface area contributed by atoms with Crippen LogP contribution in [0.15, 0.2) is 79.0 Å². The predicted octanol–water partition coefficient (Wildman–Crippen LogP) is 3.58. The van der Waals surface area contributed by atoms with E-state index in [1.54, 1.807) is 7.05 Å². The first-order chi connectivity index (χ1) is 17.0. The molecule has 0 bridgehead atoms. The van der Waals surface area contributed by atoms with Crippen molar-refractivity contribution in [3.05, 3.63) is 90.4 Å². The van der Waals surface area contributed by atoms with Crippen molar-refractivity contribution in [3.63, 3.8) is 0 Å². The molecule has 2 amide bonds. The molecule has 0 spiro atoms. The van der Waals surface area contributed by atoms with Gasteiger partial charge in [0.1, 0.15) is 11.9 Å². The van der Waals surface area contributed by atoms with Crippen LogP contribution in [0.5, 0.6) is 0 Å². The Balaban J connectivity index is 1.20. The lowest BCUT2D eigenvalue weighted by molar-refractivity contribution is -0.138. The van der Waals surface area contributed by atoms with Gasteiger partial charge < -0.3 is 5.01 Å². The molecule has 3 atom stereocenters. The number of nitrogens with one attached hydrogen (secondary N) is 1. The highest BCUT2D eigenvalue weighted by atomic mass is 16.2. The second-order valence-electron chi connectivity index (χ2n) is 9.25. The third-order valence-electron chi connectivity index (χ3n) is 7.09. The van der Waals surface area contributed by atoms with Gasteiger partial charge in [-0.15, -0.1) is 0 Å². The van der Waals surface area contributed by atoms with Crippen LogP contribution < -0.4 is 10.4 Å². The third kappa shape index (κ3) is 3.65. The summed E-state index contributed by atoms with van der Waals surface area (Å²) in [5, 5.41) is 2.83. The average molecular weight is 464 g/mol. The molecule has 1 N–H and O–H groups in total. The van der Waals surface area contributed by atoms with E-state index in [4.69, 9.17) is 4.98 Å². The molecule has 2 saturated heterocycles. The Morgan fingerprint density at radius 1 is 0.914 bits per heavy atom. The van der Waals surface area contributed by atoms with Gasteiger partial charge in [0.15, 0.2) is 0 Å². The van der Waals surface area contributed by atoms with Crippen molar-refractivity contribution in [2.45, 2.75) is 25.4 Å². The first kappa shape index (κ1) is 21.4. The second-order valence-corrected chi connectivity index (χ2v) is 9.25. The van der Waals surface area contributed by atoms with Crippen molar-refractivity contribution in [1.82, 2.24) is 20.3 Å². The van der Waals surface area contributed by atoms with Gasteiger partial charge in [0, 0.05) is 25.1 Å². The van der Waals surface area contributed by atoms with Crippen LogP contribution in [0.4, 0.5) is 5.69 Å². The van der Waals surface area contributed by atoms with E-state index in [9.17, 15) is 9.59 Å². The van der Waals surface area contributed by atoms with E-state index in [0.29, 0.717) is 6.42 Å². The van der Waals surface area contributed by atoms with Gasteiger partial charge >= 0.3 is 0 Å². The lowest BCUT2D eigenvalue weighted by Crippen LogP contribution is -2.44. The lowest BCUT2D eigenvalue weighted by atomic mass is 9.97. The molecule has 0 aliphatic carbocycles. The second kappa shape index (κ2) is 8.29. The number of anilines is 1. The van der Waals surface area contributed by atoms with E-state index in [-0.39, 0.29) is 23.8 Å². The van der Waals surface area contributed by atoms with Crippen molar-refractivity contribution in [3.8, 4) is 11.1 Å². The number of hydrogen-bond acceptors (Lipinski definition) is 6. The summed E-state index contributed by atoms with van der Waals surface area (Å²) in [7, 11) is 1.55. The minimum absolute atomic E-state index is 0.131. The number of likely N-dealkylation sites (N-methyl/N-ethyl adjacent to an activating group) is 1. The molecule has 2 aliphatic heterocycles. The number of aromatic nitrogens is 2. The Bertz CT molecular complexity index is 1440. The maximum absolute atomic E-state index is 12.5. The van der Waals surface area contributed by atoms with Crippen molar-refractivity contribution in [1.29, 1.82) is 0 Å². The molecule has 174 valence electrons.